The molecule has 53 heavy (non-hydrogen) atoms. The Morgan fingerprint density at radius 1 is 0.962 bits per heavy atom. The molecular formula is C39H49NO13. The third-order valence-electron chi connectivity index (χ3n) is 12.4. The Bertz CT molecular complexity index is 1720. The molecule has 5 N–H and O–H groups in total. The summed E-state index contributed by atoms with van der Waals surface area (Å²) < 4.78 is 24.0. The van der Waals surface area contributed by atoms with Crippen molar-refractivity contribution in [2.75, 3.05) is 6.61 Å². The number of rotatable bonds is 2. The van der Waals surface area contributed by atoms with Gasteiger partial charge in [0.25, 0.3) is 0 Å². The lowest BCUT2D eigenvalue weighted by atomic mass is 9.44. The van der Waals surface area contributed by atoms with Crippen molar-refractivity contribution < 1.29 is 63.3 Å². The maximum absolute atomic E-state index is 14.8. The first-order valence-electron chi connectivity index (χ1n) is 18.1. The van der Waals surface area contributed by atoms with Gasteiger partial charge >= 0.3 is 17.9 Å². The number of fused-ring (bicyclic) bond motifs is 6. The zero-order valence-corrected chi connectivity index (χ0v) is 30.6. The standard InChI is InChI=1S/C39H49NO13/c1-20-23-18-39(49)34(32-37(5,33(47)30(45)28(20)36(39,3)4)24(42)17-25-38(32,19-50-25)53-21(2)41)52-27(44)16-12-7-6-11-15-26(43)40-29(31(46)35(48)51-23)22-13-9-8-10-14-22/h6-10,13-14,23-25,29-32,34,42,45-46,49H,11-12,15-19H2,1-5H3,(H,40,43)/b7-6+/t23-,24-,25-,29+,30-,31-,32-,34-,37+,38-,39+/m0/s1. The second-order valence-electron chi connectivity index (χ2n) is 15.8. The van der Waals surface area contributed by atoms with E-state index in [1.165, 1.54) is 20.8 Å². The van der Waals surface area contributed by atoms with Crippen LogP contribution in [0.25, 0.3) is 0 Å². The Kier molecular flexibility index (Phi) is 10.3. The normalized spacial score (nSPS) is 41.1. The fraction of sp³-hybridized carbons (Fsp3) is 0.615. The lowest BCUT2D eigenvalue weighted by Gasteiger charge is -2.67. The summed E-state index contributed by atoms with van der Waals surface area (Å²) in [6.07, 6.45) is -6.32. The summed E-state index contributed by atoms with van der Waals surface area (Å²) in [5.74, 6) is -5.46. The van der Waals surface area contributed by atoms with Gasteiger partial charge in [-0.1, -0.05) is 56.3 Å². The Morgan fingerprint density at radius 2 is 1.62 bits per heavy atom. The van der Waals surface area contributed by atoms with Gasteiger partial charge in [-0.15, -0.1) is 0 Å². The van der Waals surface area contributed by atoms with E-state index in [4.69, 9.17) is 18.9 Å². The van der Waals surface area contributed by atoms with E-state index >= 15 is 0 Å². The van der Waals surface area contributed by atoms with Crippen LogP contribution in [-0.4, -0.2) is 104 Å². The van der Waals surface area contributed by atoms with E-state index in [-0.39, 0.29) is 49.9 Å². The van der Waals surface area contributed by atoms with Crippen molar-refractivity contribution in [3.05, 3.63) is 59.2 Å². The Morgan fingerprint density at radius 3 is 2.25 bits per heavy atom. The molecule has 1 aromatic carbocycles. The van der Waals surface area contributed by atoms with E-state index in [0.717, 1.165) is 0 Å². The number of benzene rings is 1. The summed E-state index contributed by atoms with van der Waals surface area (Å²) in [6, 6.07) is 7.16. The fourth-order valence-corrected chi connectivity index (χ4v) is 9.46. The number of carbonyl (C=O) groups excluding carboxylic acids is 5. The summed E-state index contributed by atoms with van der Waals surface area (Å²) in [4.78, 5) is 68.2. The molecule has 288 valence electrons. The second-order valence-corrected chi connectivity index (χ2v) is 15.8. The maximum atomic E-state index is 14.8. The van der Waals surface area contributed by atoms with Crippen LogP contribution in [0.3, 0.4) is 0 Å². The van der Waals surface area contributed by atoms with Crippen LogP contribution in [0.1, 0.15) is 84.7 Å². The van der Waals surface area contributed by atoms with Crippen molar-refractivity contribution in [1.29, 1.82) is 0 Å². The molecule has 0 radical (unpaired) electrons. The van der Waals surface area contributed by atoms with E-state index in [9.17, 15) is 44.4 Å². The van der Waals surface area contributed by atoms with Crippen molar-refractivity contribution >= 4 is 29.6 Å². The van der Waals surface area contributed by atoms with Crippen LogP contribution < -0.4 is 5.32 Å². The fourth-order valence-electron chi connectivity index (χ4n) is 9.46. The second kappa shape index (κ2) is 14.0. The minimum absolute atomic E-state index is 0.0139. The highest BCUT2D eigenvalue weighted by Gasteiger charge is 2.78. The number of esters is 3. The third-order valence-corrected chi connectivity index (χ3v) is 12.4. The number of Topliss-reactive ketones (excluding diaryl/α,β-unsaturated/α-hetero) is 1. The zero-order chi connectivity index (χ0) is 38.7. The molecule has 3 aliphatic carbocycles. The van der Waals surface area contributed by atoms with Crippen molar-refractivity contribution in [2.24, 2.45) is 16.7 Å². The van der Waals surface area contributed by atoms with Crippen LogP contribution in [0.4, 0.5) is 0 Å². The molecule has 2 saturated carbocycles. The van der Waals surface area contributed by atoms with Gasteiger partial charge in [0, 0.05) is 38.0 Å². The number of nitrogens with one attached hydrogen (secondary N) is 1. The Balaban J connectivity index is 1.55. The van der Waals surface area contributed by atoms with Gasteiger partial charge in [0.1, 0.15) is 30.0 Å². The largest absolute Gasteiger partial charge is 0.459 e. The van der Waals surface area contributed by atoms with Crippen molar-refractivity contribution in [3.8, 4) is 0 Å². The maximum Gasteiger partial charge on any atom is 0.338 e. The number of carbonyl (C=O) groups is 5. The van der Waals surface area contributed by atoms with Crippen molar-refractivity contribution in [1.82, 2.24) is 5.32 Å². The number of amides is 1. The Labute approximate surface area is 307 Å². The molecule has 3 bridgehead atoms. The number of hydrogen-bond donors (Lipinski definition) is 5. The highest BCUT2D eigenvalue weighted by atomic mass is 16.6. The average Bonchev–Trinajstić information content (AvgIpc) is 3.09. The summed E-state index contributed by atoms with van der Waals surface area (Å²) in [5, 5.41) is 51.3. The zero-order valence-electron chi connectivity index (χ0n) is 30.6. The number of aliphatic hydroxyl groups excluding tert-OH is 3. The molecule has 0 aromatic heterocycles. The van der Waals surface area contributed by atoms with E-state index in [1.807, 2.05) is 0 Å². The minimum atomic E-state index is -2.26. The molecule has 0 spiro atoms. The van der Waals surface area contributed by atoms with Crippen LogP contribution >= 0.6 is 0 Å². The smallest absolute Gasteiger partial charge is 0.338 e. The van der Waals surface area contributed by atoms with Crippen molar-refractivity contribution in [3.63, 3.8) is 0 Å². The van der Waals surface area contributed by atoms with Gasteiger partial charge in [-0.3, -0.25) is 19.2 Å². The van der Waals surface area contributed by atoms with Crippen LogP contribution in [0.5, 0.6) is 0 Å². The molecule has 2 aliphatic heterocycles. The molecule has 14 nitrogen and oxygen atoms in total. The molecule has 11 atom stereocenters. The van der Waals surface area contributed by atoms with Gasteiger partial charge in [0.05, 0.1) is 30.1 Å². The molecule has 0 unspecified atom stereocenters. The third kappa shape index (κ3) is 6.21. The van der Waals surface area contributed by atoms with Crippen LogP contribution in [0.15, 0.2) is 53.6 Å². The topological polar surface area (TPSA) is 215 Å². The summed E-state index contributed by atoms with van der Waals surface area (Å²) in [7, 11) is 0. The van der Waals surface area contributed by atoms with Gasteiger partial charge < -0.3 is 44.7 Å². The summed E-state index contributed by atoms with van der Waals surface area (Å²) in [6.45, 7) is 7.00. The molecule has 6 rings (SSSR count). The Hall–Kier alpha value is -3.95. The number of ether oxygens (including phenoxy) is 4. The van der Waals surface area contributed by atoms with Gasteiger partial charge in [0.2, 0.25) is 5.91 Å². The molecule has 1 amide bonds. The average molecular weight is 740 g/mol. The number of ketones is 1. The van der Waals surface area contributed by atoms with E-state index in [1.54, 1.807) is 56.3 Å². The summed E-state index contributed by atoms with van der Waals surface area (Å²) in [5.41, 5.74) is -6.84. The van der Waals surface area contributed by atoms with Crippen LogP contribution in [0.2, 0.25) is 0 Å². The lowest BCUT2D eigenvalue weighted by Crippen LogP contribution is -2.81. The van der Waals surface area contributed by atoms with E-state index in [0.29, 0.717) is 5.56 Å². The molecule has 5 aliphatic rings. The van der Waals surface area contributed by atoms with E-state index in [2.05, 4.69) is 5.32 Å². The lowest BCUT2D eigenvalue weighted by molar-refractivity contribution is -0.347. The van der Waals surface area contributed by atoms with Crippen LogP contribution in [-0.2, 0) is 42.9 Å². The highest BCUT2D eigenvalue weighted by Crippen LogP contribution is 2.64. The van der Waals surface area contributed by atoms with E-state index < -0.39 is 107 Å². The molecule has 3 fully saturated rings. The minimum Gasteiger partial charge on any atom is -0.459 e. The predicted octanol–water partition coefficient (Wildman–Crippen LogP) is 1.67. The highest BCUT2D eigenvalue weighted by molar-refractivity contribution is 5.93. The first-order chi connectivity index (χ1) is 24.9. The summed E-state index contributed by atoms with van der Waals surface area (Å²) >= 11 is 0. The van der Waals surface area contributed by atoms with Crippen molar-refractivity contribution in [2.45, 2.75) is 127 Å². The van der Waals surface area contributed by atoms with Gasteiger partial charge in [-0.25, -0.2) is 4.79 Å². The van der Waals surface area contributed by atoms with Gasteiger partial charge in [-0.2, -0.15) is 0 Å². The first-order valence-corrected chi connectivity index (χ1v) is 18.1. The molecule has 14 heteroatoms. The molecular weight excluding hydrogens is 690 g/mol. The quantitative estimate of drug-likeness (QED) is 0.166. The number of aliphatic hydroxyl groups is 4. The van der Waals surface area contributed by atoms with Gasteiger partial charge in [0.15, 0.2) is 17.5 Å². The first kappa shape index (κ1) is 38.8. The van der Waals surface area contributed by atoms with Crippen LogP contribution in [0, 0.1) is 16.7 Å². The predicted molar refractivity (Wildman–Crippen MR) is 184 cm³/mol. The molecule has 1 saturated heterocycles. The molecule has 2 heterocycles. The monoisotopic (exact) mass is 739 g/mol. The SMILES string of the molecule is CC(=O)O[C@@]12CO[C@H]1C[C@H](O)[C@@]1(C)C(=O)[C@@H](O)C3=C(C)[C@@H]4C[C@@](O)([C@@H](OC(=O)CC/C=C/CCC(=O)N[C@H](c5ccccc5)[C@H](O)C(=O)O4)[C@H]21)C3(C)C. The number of allylic oxidation sites excluding steroid dienone is 2. The van der Waals surface area contributed by atoms with Gasteiger partial charge in [-0.05, 0) is 43.4 Å². The molecule has 1 aromatic rings. The number of hydrogen-bond acceptors (Lipinski definition) is 13.